The van der Waals surface area contributed by atoms with Gasteiger partial charge in [-0.1, -0.05) is 42.0 Å². The Hall–Kier alpha value is -4.33. The highest BCUT2D eigenvalue weighted by molar-refractivity contribution is 5.85. The van der Waals surface area contributed by atoms with Gasteiger partial charge in [0.1, 0.15) is 0 Å². The molecule has 1 N–H and O–H groups in total. The number of para-hydroxylation sites is 2. The number of hydrogen-bond donors (Lipinski definition) is 1. The number of benzene rings is 3. The quantitative estimate of drug-likeness (QED) is 0.298. The molecule has 0 radical (unpaired) electrons. The number of nitro groups is 1. The van der Waals surface area contributed by atoms with Gasteiger partial charge in [-0.05, 0) is 43.7 Å². The molecule has 0 saturated carbocycles. The first-order chi connectivity index (χ1) is 15.0. The van der Waals surface area contributed by atoms with Crippen molar-refractivity contribution >= 4 is 28.8 Å². The van der Waals surface area contributed by atoms with Gasteiger partial charge in [-0.3, -0.25) is 14.9 Å². The molecule has 0 aliphatic carbocycles. The van der Waals surface area contributed by atoms with Crippen LogP contribution in [0.3, 0.4) is 0 Å². The van der Waals surface area contributed by atoms with Crippen LogP contribution < -0.4 is 11.0 Å². The molecule has 154 valence electrons. The number of nitro benzene ring substituents is 1. The maximum absolute atomic E-state index is 13.3. The van der Waals surface area contributed by atoms with Gasteiger partial charge in [0.2, 0.25) is 5.95 Å². The molecule has 8 nitrogen and oxygen atoms in total. The summed E-state index contributed by atoms with van der Waals surface area (Å²) in [6.07, 6.45) is 1.34. The molecule has 0 unspecified atom stereocenters. The van der Waals surface area contributed by atoms with Gasteiger partial charge in [-0.25, -0.2) is 15.0 Å². The summed E-state index contributed by atoms with van der Waals surface area (Å²) in [6.45, 7) is 3.90. The van der Waals surface area contributed by atoms with Crippen molar-refractivity contribution in [2.45, 2.75) is 13.8 Å². The third kappa shape index (κ3) is 3.91. The Labute approximate surface area is 177 Å². The number of nitrogens with zero attached hydrogens (tertiary/aromatic N) is 4. The average molecular weight is 413 g/mol. The number of aromatic nitrogens is 2. The molecule has 4 rings (SSSR count). The molecule has 0 aliphatic rings. The van der Waals surface area contributed by atoms with Crippen LogP contribution in [0, 0.1) is 24.0 Å². The fourth-order valence-electron chi connectivity index (χ4n) is 3.41. The summed E-state index contributed by atoms with van der Waals surface area (Å²) in [5.74, 6) is 0.213. The Balaban J connectivity index is 1.84. The van der Waals surface area contributed by atoms with Crippen LogP contribution in [0.15, 0.2) is 76.6 Å². The van der Waals surface area contributed by atoms with Gasteiger partial charge >= 0.3 is 0 Å². The normalized spacial score (nSPS) is 11.2. The molecule has 0 fully saturated rings. The minimum Gasteiger partial charge on any atom is -0.268 e. The number of anilines is 1. The van der Waals surface area contributed by atoms with Gasteiger partial charge in [-0.15, -0.1) is 0 Å². The summed E-state index contributed by atoms with van der Waals surface area (Å²) in [4.78, 5) is 28.6. The van der Waals surface area contributed by atoms with E-state index in [1.165, 1.54) is 16.8 Å². The zero-order valence-electron chi connectivity index (χ0n) is 16.9. The Morgan fingerprint density at radius 1 is 1.06 bits per heavy atom. The Bertz CT molecular complexity index is 1390. The Kier molecular flexibility index (Phi) is 5.28. The van der Waals surface area contributed by atoms with Crippen molar-refractivity contribution in [3.63, 3.8) is 0 Å². The van der Waals surface area contributed by atoms with E-state index in [2.05, 4.69) is 15.5 Å². The highest BCUT2D eigenvalue weighted by atomic mass is 16.6. The maximum atomic E-state index is 13.3. The lowest BCUT2D eigenvalue weighted by Crippen LogP contribution is -2.23. The fraction of sp³-hybridized carbons (Fsp3) is 0.0870. The SMILES string of the molecule is Cc1ccc(-n2c(N/N=C\c3ccccc3[N+](=O)[O-])nc3ccccc3c2=O)c(C)c1. The summed E-state index contributed by atoms with van der Waals surface area (Å²) in [6, 6.07) is 19.1. The summed E-state index contributed by atoms with van der Waals surface area (Å²) in [7, 11) is 0. The van der Waals surface area contributed by atoms with E-state index < -0.39 is 4.92 Å². The van der Waals surface area contributed by atoms with Crippen LogP contribution >= 0.6 is 0 Å². The number of rotatable bonds is 5. The van der Waals surface area contributed by atoms with Crippen molar-refractivity contribution in [2.24, 2.45) is 5.10 Å². The van der Waals surface area contributed by atoms with Gasteiger partial charge < -0.3 is 0 Å². The minimum atomic E-state index is -0.471. The van der Waals surface area contributed by atoms with Crippen LogP contribution in [0.4, 0.5) is 11.6 Å². The zero-order chi connectivity index (χ0) is 22.0. The highest BCUT2D eigenvalue weighted by Gasteiger charge is 2.15. The number of hydrogen-bond acceptors (Lipinski definition) is 6. The van der Waals surface area contributed by atoms with Gasteiger partial charge in [0.15, 0.2) is 0 Å². The molecule has 1 aromatic heterocycles. The third-order valence-corrected chi connectivity index (χ3v) is 4.87. The van der Waals surface area contributed by atoms with Crippen LogP contribution in [-0.2, 0) is 0 Å². The van der Waals surface area contributed by atoms with E-state index in [9.17, 15) is 14.9 Å². The molecule has 31 heavy (non-hydrogen) atoms. The third-order valence-electron chi connectivity index (χ3n) is 4.87. The second-order valence-electron chi connectivity index (χ2n) is 7.07. The van der Waals surface area contributed by atoms with Crippen LogP contribution in [-0.4, -0.2) is 20.7 Å². The lowest BCUT2D eigenvalue weighted by molar-refractivity contribution is -0.385. The molecule has 0 bridgehead atoms. The molecule has 1 heterocycles. The smallest absolute Gasteiger partial charge is 0.268 e. The van der Waals surface area contributed by atoms with Gasteiger partial charge in [0, 0.05) is 6.07 Å². The first kappa shape index (κ1) is 20.0. The van der Waals surface area contributed by atoms with E-state index in [0.717, 1.165) is 11.1 Å². The fourth-order valence-corrected chi connectivity index (χ4v) is 3.41. The summed E-state index contributed by atoms with van der Waals surface area (Å²) in [5, 5.41) is 15.8. The van der Waals surface area contributed by atoms with Crippen molar-refractivity contribution in [3.05, 3.63) is 104 Å². The van der Waals surface area contributed by atoms with Crippen molar-refractivity contribution in [2.75, 3.05) is 5.43 Å². The average Bonchev–Trinajstić information content (AvgIpc) is 2.75. The van der Waals surface area contributed by atoms with Crippen LogP contribution in [0.25, 0.3) is 16.6 Å². The van der Waals surface area contributed by atoms with E-state index in [4.69, 9.17) is 0 Å². The number of nitrogens with one attached hydrogen (secondary N) is 1. The predicted molar refractivity (Wildman–Crippen MR) is 121 cm³/mol. The second kappa shape index (κ2) is 8.19. The van der Waals surface area contributed by atoms with Crippen molar-refractivity contribution in [1.82, 2.24) is 9.55 Å². The predicted octanol–water partition coefficient (Wildman–Crippen LogP) is 4.36. The van der Waals surface area contributed by atoms with Crippen LogP contribution in [0.1, 0.15) is 16.7 Å². The molecule has 4 aromatic rings. The van der Waals surface area contributed by atoms with Gasteiger partial charge in [-0.2, -0.15) is 5.10 Å². The molecular formula is C23H19N5O3. The van der Waals surface area contributed by atoms with E-state index in [1.54, 1.807) is 42.5 Å². The molecule has 3 aromatic carbocycles. The Morgan fingerprint density at radius 3 is 2.58 bits per heavy atom. The lowest BCUT2D eigenvalue weighted by Gasteiger charge is -2.15. The van der Waals surface area contributed by atoms with E-state index in [0.29, 0.717) is 22.2 Å². The molecule has 0 amide bonds. The second-order valence-corrected chi connectivity index (χ2v) is 7.07. The van der Waals surface area contributed by atoms with Crippen LogP contribution in [0.2, 0.25) is 0 Å². The molecule has 0 aliphatic heterocycles. The van der Waals surface area contributed by atoms with Crippen molar-refractivity contribution < 1.29 is 4.92 Å². The Morgan fingerprint density at radius 2 is 1.81 bits per heavy atom. The number of aryl methyl sites for hydroxylation is 2. The van der Waals surface area contributed by atoms with E-state index in [1.807, 2.05) is 32.0 Å². The van der Waals surface area contributed by atoms with Gasteiger partial charge in [0.25, 0.3) is 11.2 Å². The highest BCUT2D eigenvalue weighted by Crippen LogP contribution is 2.20. The first-order valence-corrected chi connectivity index (χ1v) is 9.57. The van der Waals surface area contributed by atoms with Crippen LogP contribution in [0.5, 0.6) is 0 Å². The molecule has 0 atom stereocenters. The number of fused-ring (bicyclic) bond motifs is 1. The molecule has 0 spiro atoms. The first-order valence-electron chi connectivity index (χ1n) is 9.57. The minimum absolute atomic E-state index is 0.0636. The van der Waals surface area contributed by atoms with Crippen molar-refractivity contribution in [3.8, 4) is 5.69 Å². The molecular weight excluding hydrogens is 394 g/mol. The summed E-state index contributed by atoms with van der Waals surface area (Å²) < 4.78 is 1.47. The number of hydrazone groups is 1. The van der Waals surface area contributed by atoms with E-state index in [-0.39, 0.29) is 17.2 Å². The monoisotopic (exact) mass is 413 g/mol. The zero-order valence-corrected chi connectivity index (χ0v) is 16.9. The standard InChI is InChI=1S/C23H19N5O3/c1-15-11-12-20(16(2)13-15)27-22(29)18-8-4-5-9-19(18)25-23(27)26-24-14-17-7-3-6-10-21(17)28(30)31/h3-14H,1-2H3,(H,25,26)/b24-14-. The van der Waals surface area contributed by atoms with Gasteiger partial charge in [0.05, 0.1) is 33.3 Å². The van der Waals surface area contributed by atoms with E-state index >= 15 is 0 Å². The largest absolute Gasteiger partial charge is 0.278 e. The summed E-state index contributed by atoms with van der Waals surface area (Å²) >= 11 is 0. The summed E-state index contributed by atoms with van der Waals surface area (Å²) in [5.41, 5.74) is 6.02. The lowest BCUT2D eigenvalue weighted by atomic mass is 10.1. The molecule has 8 heteroatoms. The maximum Gasteiger partial charge on any atom is 0.278 e. The molecule has 0 saturated heterocycles. The topological polar surface area (TPSA) is 102 Å². The van der Waals surface area contributed by atoms with Crippen molar-refractivity contribution in [1.29, 1.82) is 0 Å².